The molecule has 1 atom stereocenters. The summed E-state index contributed by atoms with van der Waals surface area (Å²) < 4.78 is 23.3. The van der Waals surface area contributed by atoms with Crippen LogP contribution in [0.2, 0.25) is 0 Å². The van der Waals surface area contributed by atoms with Crippen molar-refractivity contribution in [1.82, 2.24) is 0 Å². The third-order valence-corrected chi connectivity index (χ3v) is 13.0. The molecule has 4 aliphatic carbocycles. The van der Waals surface area contributed by atoms with E-state index in [-0.39, 0.29) is 18.0 Å². The number of benzene rings is 3. The third kappa shape index (κ3) is 13.2. The van der Waals surface area contributed by atoms with Crippen molar-refractivity contribution in [2.75, 3.05) is 13.2 Å². The SMILES string of the molecule is CCCCCCC(C)OC(=O)c1ccc(OC(=O)c2ccc(-c3ccccc3)c(OCCCCCCCCCCCOC(=O)CC3C4CC5CC(C4)CC3C5)c2)cc1. The van der Waals surface area contributed by atoms with Crippen molar-refractivity contribution in [2.45, 2.75) is 148 Å². The van der Waals surface area contributed by atoms with E-state index >= 15 is 0 Å². The summed E-state index contributed by atoms with van der Waals surface area (Å²) in [6.07, 6.45) is 22.9. The Bertz CT molecular complexity index is 1690. The number of hydrogen-bond acceptors (Lipinski definition) is 7. The van der Waals surface area contributed by atoms with Crippen molar-refractivity contribution in [1.29, 1.82) is 0 Å². The lowest BCUT2D eigenvalue weighted by atomic mass is 9.51. The summed E-state index contributed by atoms with van der Waals surface area (Å²) in [5, 5.41) is 0. The molecular weight excluding hydrogens is 725 g/mol. The van der Waals surface area contributed by atoms with Crippen LogP contribution in [0.15, 0.2) is 72.8 Å². The first-order chi connectivity index (χ1) is 28.4. The monoisotopic (exact) mass is 792 g/mol. The Morgan fingerprint density at radius 1 is 0.638 bits per heavy atom. The van der Waals surface area contributed by atoms with Gasteiger partial charge in [0.25, 0.3) is 0 Å². The van der Waals surface area contributed by atoms with Crippen molar-refractivity contribution in [2.24, 2.45) is 29.6 Å². The molecule has 0 radical (unpaired) electrons. The van der Waals surface area contributed by atoms with Gasteiger partial charge in [-0.05, 0) is 142 Å². The molecule has 0 spiro atoms. The molecule has 0 aliphatic heterocycles. The van der Waals surface area contributed by atoms with Crippen LogP contribution in [0, 0.1) is 29.6 Å². The second kappa shape index (κ2) is 22.9. The van der Waals surface area contributed by atoms with Crippen LogP contribution < -0.4 is 9.47 Å². The molecule has 0 saturated heterocycles. The normalized spacial score (nSPS) is 21.0. The Balaban J connectivity index is 0.852. The predicted molar refractivity (Wildman–Crippen MR) is 230 cm³/mol. The predicted octanol–water partition coefficient (Wildman–Crippen LogP) is 13.0. The van der Waals surface area contributed by atoms with E-state index in [2.05, 4.69) is 6.92 Å². The lowest BCUT2D eigenvalue weighted by Gasteiger charge is -2.54. The molecule has 3 aromatic rings. The molecule has 4 saturated carbocycles. The molecule has 1 unspecified atom stereocenters. The van der Waals surface area contributed by atoms with E-state index in [4.69, 9.17) is 18.9 Å². The lowest BCUT2D eigenvalue weighted by Crippen LogP contribution is -2.45. The van der Waals surface area contributed by atoms with Crippen molar-refractivity contribution >= 4 is 17.9 Å². The third-order valence-electron chi connectivity index (χ3n) is 13.0. The minimum atomic E-state index is -0.492. The molecular formula is C51H68O7. The highest BCUT2D eigenvalue weighted by Gasteiger charge is 2.48. The smallest absolute Gasteiger partial charge is 0.343 e. The summed E-state index contributed by atoms with van der Waals surface area (Å²) in [5.74, 6) is 4.26. The molecule has 3 aromatic carbocycles. The second-order valence-electron chi connectivity index (χ2n) is 17.6. The molecule has 7 heteroatoms. The highest BCUT2D eigenvalue weighted by molar-refractivity contribution is 5.93. The van der Waals surface area contributed by atoms with Crippen LogP contribution in [0.1, 0.15) is 163 Å². The van der Waals surface area contributed by atoms with Gasteiger partial charge in [0, 0.05) is 12.0 Å². The van der Waals surface area contributed by atoms with Crippen LogP contribution >= 0.6 is 0 Å². The molecule has 314 valence electrons. The zero-order chi connectivity index (χ0) is 40.5. The summed E-state index contributed by atoms with van der Waals surface area (Å²) in [4.78, 5) is 38.5. The van der Waals surface area contributed by atoms with Gasteiger partial charge in [0.2, 0.25) is 0 Å². The number of esters is 3. The van der Waals surface area contributed by atoms with Crippen LogP contribution in [-0.2, 0) is 14.3 Å². The van der Waals surface area contributed by atoms with Gasteiger partial charge in [0.05, 0.1) is 30.4 Å². The van der Waals surface area contributed by atoms with E-state index < -0.39 is 5.97 Å². The molecule has 0 amide bonds. The average molecular weight is 793 g/mol. The molecule has 0 heterocycles. The van der Waals surface area contributed by atoms with E-state index in [9.17, 15) is 14.4 Å². The Hall–Kier alpha value is -4.13. The fourth-order valence-corrected chi connectivity index (χ4v) is 10.1. The van der Waals surface area contributed by atoms with Gasteiger partial charge < -0.3 is 18.9 Å². The van der Waals surface area contributed by atoms with E-state index in [0.29, 0.717) is 48.2 Å². The fraction of sp³-hybridized carbons (Fsp3) is 0.588. The first-order valence-corrected chi connectivity index (χ1v) is 22.9. The van der Waals surface area contributed by atoms with E-state index in [1.54, 1.807) is 36.4 Å². The maximum absolute atomic E-state index is 13.2. The largest absolute Gasteiger partial charge is 0.493 e. The van der Waals surface area contributed by atoms with Gasteiger partial charge >= 0.3 is 17.9 Å². The van der Waals surface area contributed by atoms with Gasteiger partial charge in [-0.3, -0.25) is 4.79 Å². The van der Waals surface area contributed by atoms with Gasteiger partial charge in [-0.1, -0.05) is 101 Å². The van der Waals surface area contributed by atoms with Crippen LogP contribution in [0.3, 0.4) is 0 Å². The maximum Gasteiger partial charge on any atom is 0.343 e. The lowest BCUT2D eigenvalue weighted by molar-refractivity contribution is -0.149. The summed E-state index contributed by atoms with van der Waals surface area (Å²) in [5.41, 5.74) is 2.77. The molecule has 4 fully saturated rings. The first kappa shape index (κ1) is 43.4. The number of carbonyl (C=O) groups excluding carboxylic acids is 3. The Morgan fingerprint density at radius 3 is 1.90 bits per heavy atom. The zero-order valence-electron chi connectivity index (χ0n) is 35.3. The van der Waals surface area contributed by atoms with Crippen LogP contribution in [-0.4, -0.2) is 37.2 Å². The van der Waals surface area contributed by atoms with E-state index in [1.807, 2.05) is 43.3 Å². The number of hydrogen-bond donors (Lipinski definition) is 0. The second-order valence-corrected chi connectivity index (χ2v) is 17.6. The van der Waals surface area contributed by atoms with E-state index in [1.165, 1.54) is 70.6 Å². The highest BCUT2D eigenvalue weighted by Crippen LogP contribution is 2.57. The minimum absolute atomic E-state index is 0.0464. The quantitative estimate of drug-likeness (QED) is 0.0479. The molecule has 4 aliphatic rings. The maximum atomic E-state index is 13.2. The highest BCUT2D eigenvalue weighted by atomic mass is 16.5. The van der Waals surface area contributed by atoms with Crippen LogP contribution in [0.4, 0.5) is 0 Å². The van der Waals surface area contributed by atoms with Crippen molar-refractivity contribution in [3.8, 4) is 22.6 Å². The number of carbonyl (C=O) groups is 3. The van der Waals surface area contributed by atoms with Crippen LogP contribution in [0.5, 0.6) is 11.5 Å². The van der Waals surface area contributed by atoms with E-state index in [0.717, 1.165) is 86.2 Å². The molecule has 7 rings (SSSR count). The van der Waals surface area contributed by atoms with Gasteiger partial charge in [-0.2, -0.15) is 0 Å². The Morgan fingerprint density at radius 2 is 1.24 bits per heavy atom. The number of unbranched alkanes of at least 4 members (excludes halogenated alkanes) is 11. The summed E-state index contributed by atoms with van der Waals surface area (Å²) >= 11 is 0. The standard InChI is InChI=1S/C51H68O7/c1-3-4-5-14-19-37(2)57-50(53)41-22-25-45(26-23-41)58-51(54)42-24-27-46(40-20-15-13-16-21-40)48(35-42)55-28-17-11-9-7-6-8-10-12-18-29-56-49(52)36-47-43-31-38-30-39(33-43)34-44(47)32-38/h13,15-16,20-27,35,37-39,43-44,47H,3-12,14,17-19,28-34,36H2,1-2H3. The average Bonchev–Trinajstić information content (AvgIpc) is 3.22. The zero-order valence-corrected chi connectivity index (χ0v) is 35.3. The summed E-state index contributed by atoms with van der Waals surface area (Å²) in [7, 11) is 0. The number of ether oxygens (including phenoxy) is 4. The first-order valence-electron chi connectivity index (χ1n) is 22.9. The Labute approximate surface area is 348 Å². The van der Waals surface area contributed by atoms with Gasteiger partial charge in [0.15, 0.2) is 0 Å². The van der Waals surface area contributed by atoms with Crippen molar-refractivity contribution < 1.29 is 33.3 Å². The summed E-state index contributed by atoms with van der Waals surface area (Å²) in [6, 6.07) is 22.0. The molecule has 0 N–H and O–H groups in total. The van der Waals surface area contributed by atoms with Gasteiger partial charge in [-0.15, -0.1) is 0 Å². The molecule has 4 bridgehead atoms. The topological polar surface area (TPSA) is 88.1 Å². The molecule has 7 nitrogen and oxygen atoms in total. The minimum Gasteiger partial charge on any atom is -0.493 e. The van der Waals surface area contributed by atoms with Crippen molar-refractivity contribution in [3.05, 3.63) is 83.9 Å². The Kier molecular flexibility index (Phi) is 17.1. The van der Waals surface area contributed by atoms with Gasteiger partial charge in [-0.25, -0.2) is 9.59 Å². The van der Waals surface area contributed by atoms with Gasteiger partial charge in [0.1, 0.15) is 11.5 Å². The number of rotatable bonds is 25. The van der Waals surface area contributed by atoms with Crippen molar-refractivity contribution in [3.63, 3.8) is 0 Å². The molecule has 0 aromatic heterocycles. The van der Waals surface area contributed by atoms with Crippen LogP contribution in [0.25, 0.3) is 11.1 Å². The molecule has 58 heavy (non-hydrogen) atoms. The fourth-order valence-electron chi connectivity index (χ4n) is 10.1. The summed E-state index contributed by atoms with van der Waals surface area (Å²) in [6.45, 7) is 5.25.